The Morgan fingerprint density at radius 2 is 1.46 bits per heavy atom. The zero-order valence-corrected chi connectivity index (χ0v) is 21.2. The molecule has 1 heterocycles. The number of carbonyl (C=O) groups excluding carboxylic acids is 4. The molecule has 2 aromatic rings. The van der Waals surface area contributed by atoms with Gasteiger partial charge in [-0.2, -0.15) is 0 Å². The quantitative estimate of drug-likeness (QED) is 0.333. The highest BCUT2D eigenvalue weighted by atomic mass is 35.5. The summed E-state index contributed by atoms with van der Waals surface area (Å²) in [5.41, 5.74) is -0.289. The lowest BCUT2D eigenvalue weighted by atomic mass is 9.85. The van der Waals surface area contributed by atoms with E-state index in [1.165, 1.54) is 30.3 Å². The SMILES string of the molecule is COC(=O)c1cc(NS(=O)(=O)c2ccc(Cl)c(N3C(=O)[C@H]4[C@H](C3=O)[C@H]3C=C[C@H]4C3)c2)cc(C(=O)OC)c1. The lowest BCUT2D eigenvalue weighted by molar-refractivity contribution is -0.123. The summed E-state index contributed by atoms with van der Waals surface area (Å²) in [5.74, 6) is -3.37. The summed E-state index contributed by atoms with van der Waals surface area (Å²) >= 11 is 6.33. The topological polar surface area (TPSA) is 136 Å². The number of fused-ring (bicyclic) bond motifs is 5. The Morgan fingerprint density at radius 3 is 1.97 bits per heavy atom. The van der Waals surface area contributed by atoms with Gasteiger partial charge in [-0.3, -0.25) is 14.3 Å². The lowest BCUT2D eigenvalue weighted by Crippen LogP contribution is -2.33. The average Bonchev–Trinajstić information content (AvgIpc) is 3.56. The van der Waals surface area contributed by atoms with Crippen LogP contribution in [-0.4, -0.2) is 46.4 Å². The van der Waals surface area contributed by atoms with Crippen molar-refractivity contribution >= 4 is 56.8 Å². The number of ether oxygens (including phenoxy) is 2. The number of halogens is 1. The molecule has 1 saturated heterocycles. The van der Waals surface area contributed by atoms with Crippen LogP contribution in [0.15, 0.2) is 53.4 Å². The minimum atomic E-state index is -4.32. The molecule has 3 aliphatic rings. The van der Waals surface area contributed by atoms with E-state index in [9.17, 15) is 27.6 Å². The van der Waals surface area contributed by atoms with Gasteiger partial charge in [-0.1, -0.05) is 23.8 Å². The summed E-state index contributed by atoms with van der Waals surface area (Å²) in [6.07, 6.45) is 4.67. The molecule has 1 aliphatic heterocycles. The predicted molar refractivity (Wildman–Crippen MR) is 132 cm³/mol. The molecule has 2 amide bonds. The van der Waals surface area contributed by atoms with Gasteiger partial charge in [-0.05, 0) is 54.7 Å². The minimum absolute atomic E-state index is 0.0186. The Labute approximate surface area is 217 Å². The highest BCUT2D eigenvalue weighted by molar-refractivity contribution is 7.92. The van der Waals surface area contributed by atoms with Crippen molar-refractivity contribution in [2.24, 2.45) is 23.7 Å². The summed E-state index contributed by atoms with van der Waals surface area (Å²) in [5, 5.41) is 0.0431. The molecule has 4 atom stereocenters. The first-order valence-electron chi connectivity index (χ1n) is 11.3. The van der Waals surface area contributed by atoms with Crippen molar-refractivity contribution in [3.05, 3.63) is 64.7 Å². The van der Waals surface area contributed by atoms with Crippen molar-refractivity contribution in [3.8, 4) is 0 Å². The van der Waals surface area contributed by atoms with Gasteiger partial charge in [0.15, 0.2) is 0 Å². The van der Waals surface area contributed by atoms with Crippen molar-refractivity contribution in [1.29, 1.82) is 0 Å². The number of amides is 2. The summed E-state index contributed by atoms with van der Waals surface area (Å²) < 4.78 is 38.2. The zero-order chi connectivity index (χ0) is 26.6. The van der Waals surface area contributed by atoms with Crippen LogP contribution in [0.1, 0.15) is 27.1 Å². The van der Waals surface area contributed by atoms with E-state index in [4.69, 9.17) is 11.6 Å². The molecule has 12 heteroatoms. The normalized spacial score (nSPS) is 23.8. The Balaban J connectivity index is 1.49. The third kappa shape index (κ3) is 4.08. The van der Waals surface area contributed by atoms with Gasteiger partial charge in [0.1, 0.15) is 0 Å². The molecule has 0 unspecified atom stereocenters. The molecule has 2 aliphatic carbocycles. The molecule has 192 valence electrons. The number of benzene rings is 2. The molecule has 0 radical (unpaired) electrons. The number of anilines is 2. The van der Waals surface area contributed by atoms with Gasteiger partial charge in [-0.25, -0.2) is 22.9 Å². The van der Waals surface area contributed by atoms with Gasteiger partial charge in [0.05, 0.1) is 58.5 Å². The number of nitrogens with zero attached hydrogens (tertiary/aromatic N) is 1. The molecule has 1 saturated carbocycles. The van der Waals surface area contributed by atoms with Crippen molar-refractivity contribution in [2.45, 2.75) is 11.3 Å². The smallest absolute Gasteiger partial charge is 0.337 e. The summed E-state index contributed by atoms with van der Waals surface area (Å²) in [4.78, 5) is 51.2. The largest absolute Gasteiger partial charge is 0.465 e. The van der Waals surface area contributed by atoms with Crippen molar-refractivity contribution in [2.75, 3.05) is 23.8 Å². The number of sulfonamides is 1. The Bertz CT molecular complexity index is 1440. The van der Waals surface area contributed by atoms with E-state index in [2.05, 4.69) is 14.2 Å². The first-order valence-corrected chi connectivity index (χ1v) is 13.1. The van der Waals surface area contributed by atoms with Crippen molar-refractivity contribution in [3.63, 3.8) is 0 Å². The highest BCUT2D eigenvalue weighted by Gasteiger charge is 2.59. The van der Waals surface area contributed by atoms with Crippen molar-refractivity contribution < 1.29 is 37.1 Å². The fourth-order valence-corrected chi connectivity index (χ4v) is 6.60. The third-order valence-electron chi connectivity index (χ3n) is 6.97. The standard InChI is InChI=1S/C25H21ClN2O8S/c1-35-24(31)14-8-15(25(32)36-2)10-16(9-14)27-37(33,34)17-5-6-18(26)19(11-17)28-22(29)20-12-3-4-13(7-12)21(20)23(28)30/h3-6,8-13,20-21,27H,7H2,1-2H3/t12-,13-,20+,21+/m0/s1. The van der Waals surface area contributed by atoms with Gasteiger partial charge in [0.25, 0.3) is 10.0 Å². The molecule has 1 N–H and O–H groups in total. The fraction of sp³-hybridized carbons (Fsp3) is 0.280. The van der Waals surface area contributed by atoms with Crippen LogP contribution in [0.3, 0.4) is 0 Å². The number of hydrogen-bond acceptors (Lipinski definition) is 8. The number of hydrogen-bond donors (Lipinski definition) is 1. The van der Waals surface area contributed by atoms with E-state index in [0.717, 1.165) is 31.6 Å². The second kappa shape index (κ2) is 9.00. The third-order valence-corrected chi connectivity index (χ3v) is 8.67. The molecular weight excluding hydrogens is 524 g/mol. The van der Waals surface area contributed by atoms with Crippen LogP contribution < -0.4 is 9.62 Å². The molecule has 0 aromatic heterocycles. The maximum absolute atomic E-state index is 13.3. The molecule has 2 aromatic carbocycles. The van der Waals surface area contributed by atoms with Gasteiger partial charge in [0, 0.05) is 0 Å². The van der Waals surface area contributed by atoms with Crippen LogP contribution >= 0.6 is 11.6 Å². The van der Waals surface area contributed by atoms with Crippen LogP contribution in [0.5, 0.6) is 0 Å². The lowest BCUT2D eigenvalue weighted by Gasteiger charge is -2.20. The summed E-state index contributed by atoms with van der Waals surface area (Å²) in [6, 6.07) is 7.27. The number of allylic oxidation sites excluding steroid dienone is 2. The maximum Gasteiger partial charge on any atom is 0.337 e. The Hall–Kier alpha value is -3.70. The van der Waals surface area contributed by atoms with Gasteiger partial charge < -0.3 is 9.47 Å². The van der Waals surface area contributed by atoms with Gasteiger partial charge in [-0.15, -0.1) is 0 Å². The van der Waals surface area contributed by atoms with Crippen LogP contribution in [0.25, 0.3) is 0 Å². The molecule has 37 heavy (non-hydrogen) atoms. The second-order valence-corrected chi connectivity index (χ2v) is 11.1. The molecular formula is C25H21ClN2O8S. The van der Waals surface area contributed by atoms with Crippen LogP contribution in [0.4, 0.5) is 11.4 Å². The van der Waals surface area contributed by atoms with E-state index in [1.54, 1.807) is 0 Å². The minimum Gasteiger partial charge on any atom is -0.465 e. The monoisotopic (exact) mass is 544 g/mol. The number of rotatable bonds is 6. The number of carbonyl (C=O) groups is 4. The summed E-state index contributed by atoms with van der Waals surface area (Å²) in [7, 11) is -2.03. The number of esters is 2. The van der Waals surface area contributed by atoms with Gasteiger partial charge in [0.2, 0.25) is 11.8 Å². The molecule has 5 rings (SSSR count). The van der Waals surface area contributed by atoms with E-state index in [1.807, 2.05) is 12.2 Å². The highest BCUT2D eigenvalue weighted by Crippen LogP contribution is 2.53. The summed E-state index contributed by atoms with van der Waals surface area (Å²) in [6.45, 7) is 0. The van der Waals surface area contributed by atoms with E-state index >= 15 is 0 Å². The second-order valence-electron chi connectivity index (χ2n) is 9.01. The molecule has 10 nitrogen and oxygen atoms in total. The van der Waals surface area contributed by atoms with Crippen LogP contribution in [0, 0.1) is 23.7 Å². The van der Waals surface area contributed by atoms with Gasteiger partial charge >= 0.3 is 11.9 Å². The zero-order valence-electron chi connectivity index (χ0n) is 19.6. The predicted octanol–water partition coefficient (Wildman–Crippen LogP) is 3.03. The number of imide groups is 1. The molecule has 2 fully saturated rings. The van der Waals surface area contributed by atoms with E-state index < -0.39 is 45.6 Å². The Kier molecular flexibility index (Phi) is 6.07. The maximum atomic E-state index is 13.3. The number of nitrogens with one attached hydrogen (secondary N) is 1. The van der Waals surface area contributed by atoms with E-state index in [-0.39, 0.29) is 44.3 Å². The molecule has 2 bridgehead atoms. The van der Waals surface area contributed by atoms with Crippen LogP contribution in [0.2, 0.25) is 5.02 Å². The first-order chi connectivity index (χ1) is 17.6. The fourth-order valence-electron chi connectivity index (χ4n) is 5.34. The Morgan fingerprint density at radius 1 is 0.919 bits per heavy atom. The number of methoxy groups -OCH3 is 2. The average molecular weight is 545 g/mol. The molecule has 0 spiro atoms. The van der Waals surface area contributed by atoms with Crippen LogP contribution in [-0.2, 0) is 29.1 Å². The first kappa shape index (κ1) is 25.0. The van der Waals surface area contributed by atoms with Crippen molar-refractivity contribution in [1.82, 2.24) is 0 Å². The van der Waals surface area contributed by atoms with E-state index in [0.29, 0.717) is 0 Å².